The van der Waals surface area contributed by atoms with Crippen molar-refractivity contribution in [2.24, 2.45) is 5.92 Å². The zero-order chi connectivity index (χ0) is 25.1. The smallest absolute Gasteiger partial charge is 0.287 e. The third-order valence-electron chi connectivity index (χ3n) is 5.99. The largest absolute Gasteiger partial charge is 0.486 e. The number of fused-ring (bicyclic) bond motifs is 1. The molecule has 0 radical (unpaired) electrons. The summed E-state index contributed by atoms with van der Waals surface area (Å²) in [7, 11) is 0. The van der Waals surface area contributed by atoms with Crippen molar-refractivity contribution in [1.82, 2.24) is 10.2 Å². The molecule has 6 nitrogen and oxygen atoms in total. The summed E-state index contributed by atoms with van der Waals surface area (Å²) in [5.41, 5.74) is 2.95. The average Bonchev–Trinajstić information content (AvgIpc) is 3.31. The van der Waals surface area contributed by atoms with Gasteiger partial charge in [0.05, 0.1) is 6.04 Å². The Morgan fingerprint density at radius 1 is 1.09 bits per heavy atom. The second-order valence-electron chi connectivity index (χ2n) is 9.43. The minimum Gasteiger partial charge on any atom is -0.486 e. The second kappa shape index (κ2) is 10.3. The molecule has 0 saturated carbocycles. The van der Waals surface area contributed by atoms with Gasteiger partial charge < -0.3 is 19.4 Å². The van der Waals surface area contributed by atoms with Gasteiger partial charge in [-0.2, -0.15) is 0 Å². The van der Waals surface area contributed by atoms with Gasteiger partial charge in [-0.25, -0.2) is 4.39 Å². The number of hydrogen-bond acceptors (Lipinski definition) is 4. The molecule has 1 aromatic heterocycles. The first kappa shape index (κ1) is 24.5. The molecule has 35 heavy (non-hydrogen) atoms. The quantitative estimate of drug-likeness (QED) is 0.502. The Kier molecular flexibility index (Phi) is 7.24. The Morgan fingerprint density at radius 3 is 2.51 bits per heavy atom. The van der Waals surface area contributed by atoms with E-state index < -0.39 is 0 Å². The fourth-order valence-electron chi connectivity index (χ4n) is 4.32. The summed E-state index contributed by atoms with van der Waals surface area (Å²) < 4.78 is 25.3. The fraction of sp³-hybridized carbons (Fsp3) is 0.357. The number of carbonyl (C=O) groups is 2. The molecule has 2 heterocycles. The number of carbonyl (C=O) groups excluding carboxylic acids is 2. The molecule has 0 fully saturated rings. The normalized spacial score (nSPS) is 15.3. The van der Waals surface area contributed by atoms with E-state index in [2.05, 4.69) is 5.32 Å². The first-order chi connectivity index (χ1) is 16.7. The topological polar surface area (TPSA) is 71.8 Å². The highest BCUT2D eigenvalue weighted by atomic mass is 19.1. The average molecular weight is 479 g/mol. The van der Waals surface area contributed by atoms with Crippen molar-refractivity contribution >= 4 is 11.8 Å². The molecule has 0 saturated heterocycles. The van der Waals surface area contributed by atoms with E-state index in [0.29, 0.717) is 18.1 Å². The van der Waals surface area contributed by atoms with Crippen LogP contribution in [0.4, 0.5) is 4.39 Å². The van der Waals surface area contributed by atoms with E-state index in [4.69, 9.17) is 9.15 Å². The van der Waals surface area contributed by atoms with Crippen molar-refractivity contribution in [3.63, 3.8) is 0 Å². The number of ether oxygens (including phenoxy) is 1. The molecule has 0 aliphatic carbocycles. The summed E-state index contributed by atoms with van der Waals surface area (Å²) in [4.78, 5) is 27.1. The van der Waals surface area contributed by atoms with Crippen molar-refractivity contribution in [2.45, 2.75) is 52.8 Å². The van der Waals surface area contributed by atoms with Gasteiger partial charge >= 0.3 is 0 Å². The predicted octanol–water partition coefficient (Wildman–Crippen LogP) is 5.27. The van der Waals surface area contributed by atoms with Crippen LogP contribution >= 0.6 is 0 Å². The lowest BCUT2D eigenvalue weighted by atomic mass is 9.87. The maximum absolute atomic E-state index is 13.6. The van der Waals surface area contributed by atoms with Crippen LogP contribution in [0.1, 0.15) is 66.7 Å². The summed E-state index contributed by atoms with van der Waals surface area (Å²) in [6, 6.07) is 15.2. The van der Waals surface area contributed by atoms with Gasteiger partial charge in [0, 0.05) is 18.5 Å². The minimum absolute atomic E-state index is 0.0130. The van der Waals surface area contributed by atoms with E-state index in [1.807, 2.05) is 50.8 Å². The van der Waals surface area contributed by atoms with Gasteiger partial charge in [-0.1, -0.05) is 32.0 Å². The Labute approximate surface area is 205 Å². The van der Waals surface area contributed by atoms with Gasteiger partial charge in [0.2, 0.25) is 5.91 Å². The molecule has 4 rings (SSSR count). The molecule has 1 aliphatic rings. The molecule has 3 aromatic rings. The van der Waals surface area contributed by atoms with Crippen LogP contribution in [0.5, 0.6) is 5.75 Å². The van der Waals surface area contributed by atoms with Crippen molar-refractivity contribution in [1.29, 1.82) is 0 Å². The third kappa shape index (κ3) is 5.56. The van der Waals surface area contributed by atoms with Crippen LogP contribution in [-0.4, -0.2) is 29.3 Å². The molecule has 184 valence electrons. The van der Waals surface area contributed by atoms with Crippen molar-refractivity contribution in [3.8, 4) is 5.75 Å². The molecule has 0 bridgehead atoms. The number of hydrogen-bond donors (Lipinski definition) is 1. The van der Waals surface area contributed by atoms with Crippen LogP contribution in [0, 0.1) is 11.7 Å². The highest BCUT2D eigenvalue weighted by Crippen LogP contribution is 2.38. The van der Waals surface area contributed by atoms with Gasteiger partial charge in [0.25, 0.3) is 5.91 Å². The maximum Gasteiger partial charge on any atom is 0.287 e. The van der Waals surface area contributed by atoms with Crippen LogP contribution in [0.2, 0.25) is 0 Å². The number of nitrogens with zero attached hydrogens (tertiary/aromatic N) is 1. The molecular formula is C28H31FN2O4. The van der Waals surface area contributed by atoms with Gasteiger partial charge in [0.15, 0.2) is 5.76 Å². The van der Waals surface area contributed by atoms with Crippen LogP contribution in [-0.2, 0) is 17.8 Å². The van der Waals surface area contributed by atoms with Gasteiger partial charge in [-0.05, 0) is 73.4 Å². The standard InChI is InChI=1S/C28H31FN2O4/c1-17(2)28(33)31-14-13-19-7-10-22(15-24(19)26(31)20-5-8-21(29)9-6-20)34-16-23-11-12-25(35-23)27(32)30-18(3)4/h5-12,15,17-18,26H,13-14,16H2,1-4H3,(H,30,32). The van der Waals surface area contributed by atoms with Crippen molar-refractivity contribution in [2.75, 3.05) is 6.54 Å². The summed E-state index contributed by atoms with van der Waals surface area (Å²) in [5, 5.41) is 2.80. The molecule has 1 aliphatic heterocycles. The monoisotopic (exact) mass is 478 g/mol. The number of halogens is 1. The van der Waals surface area contributed by atoms with Crippen LogP contribution in [0.25, 0.3) is 0 Å². The van der Waals surface area contributed by atoms with E-state index in [-0.39, 0.29) is 48.0 Å². The summed E-state index contributed by atoms with van der Waals surface area (Å²) in [6.07, 6.45) is 0.734. The lowest BCUT2D eigenvalue weighted by Crippen LogP contribution is -2.42. The van der Waals surface area contributed by atoms with Crippen LogP contribution < -0.4 is 10.1 Å². The second-order valence-corrected chi connectivity index (χ2v) is 9.43. The summed E-state index contributed by atoms with van der Waals surface area (Å²) in [6.45, 7) is 8.30. The van der Waals surface area contributed by atoms with E-state index in [1.54, 1.807) is 24.3 Å². The van der Waals surface area contributed by atoms with E-state index in [1.165, 1.54) is 12.1 Å². The number of amides is 2. The number of furan rings is 1. The zero-order valence-electron chi connectivity index (χ0n) is 20.5. The maximum atomic E-state index is 13.6. The SMILES string of the molecule is CC(C)NC(=O)c1ccc(COc2ccc3c(c2)C(c2ccc(F)cc2)N(C(=O)C(C)C)CC3)o1. The number of rotatable bonds is 7. The molecular weight excluding hydrogens is 447 g/mol. The lowest BCUT2D eigenvalue weighted by molar-refractivity contribution is -0.136. The summed E-state index contributed by atoms with van der Waals surface area (Å²) >= 11 is 0. The highest BCUT2D eigenvalue weighted by Gasteiger charge is 2.33. The third-order valence-corrected chi connectivity index (χ3v) is 5.99. The zero-order valence-corrected chi connectivity index (χ0v) is 20.5. The van der Waals surface area contributed by atoms with E-state index in [0.717, 1.165) is 23.1 Å². The molecule has 1 unspecified atom stereocenters. The molecule has 2 amide bonds. The molecule has 0 spiro atoms. The van der Waals surface area contributed by atoms with Gasteiger partial charge in [-0.3, -0.25) is 9.59 Å². The van der Waals surface area contributed by atoms with Gasteiger partial charge in [0.1, 0.15) is 23.9 Å². The molecule has 1 atom stereocenters. The Morgan fingerprint density at radius 2 is 1.83 bits per heavy atom. The van der Waals surface area contributed by atoms with E-state index >= 15 is 0 Å². The minimum atomic E-state index is -0.326. The molecule has 7 heteroatoms. The lowest BCUT2D eigenvalue weighted by Gasteiger charge is -2.39. The predicted molar refractivity (Wildman–Crippen MR) is 131 cm³/mol. The molecule has 2 aromatic carbocycles. The summed E-state index contributed by atoms with van der Waals surface area (Å²) in [5.74, 6) is 0.712. The number of nitrogens with one attached hydrogen (secondary N) is 1. The Bertz CT molecular complexity index is 1200. The Hall–Kier alpha value is -3.61. The highest BCUT2D eigenvalue weighted by molar-refractivity contribution is 5.91. The van der Waals surface area contributed by atoms with Gasteiger partial charge in [-0.15, -0.1) is 0 Å². The van der Waals surface area contributed by atoms with Crippen LogP contribution in [0.15, 0.2) is 59.0 Å². The van der Waals surface area contributed by atoms with Crippen molar-refractivity contribution < 1.29 is 23.1 Å². The first-order valence-electron chi connectivity index (χ1n) is 11.9. The Balaban J connectivity index is 1.58. The van der Waals surface area contributed by atoms with Crippen LogP contribution in [0.3, 0.4) is 0 Å². The fourth-order valence-corrected chi connectivity index (χ4v) is 4.32. The number of benzene rings is 2. The molecule has 1 N–H and O–H groups in total. The van der Waals surface area contributed by atoms with Crippen molar-refractivity contribution in [3.05, 3.63) is 88.6 Å². The van der Waals surface area contributed by atoms with E-state index in [9.17, 15) is 14.0 Å². The first-order valence-corrected chi connectivity index (χ1v) is 11.9.